The summed E-state index contributed by atoms with van der Waals surface area (Å²) in [5.74, 6) is 1.35. The average Bonchev–Trinajstić information content (AvgIpc) is 2.46. The second-order valence-electron chi connectivity index (χ2n) is 6.17. The molecule has 0 bridgehead atoms. The van der Waals surface area contributed by atoms with Crippen molar-refractivity contribution in [3.63, 3.8) is 0 Å². The molecular weight excluding hydrogens is 276 g/mol. The topological polar surface area (TPSA) is 55.0 Å². The van der Waals surface area contributed by atoms with Gasteiger partial charge >= 0.3 is 0 Å². The van der Waals surface area contributed by atoms with Gasteiger partial charge in [0.15, 0.2) is 0 Å². The van der Waals surface area contributed by atoms with Crippen LogP contribution in [0.3, 0.4) is 0 Å². The van der Waals surface area contributed by atoms with Crippen molar-refractivity contribution < 1.29 is 4.74 Å². The first-order valence-electron chi connectivity index (χ1n) is 7.21. The number of H-pyrrole nitrogens is 1. The van der Waals surface area contributed by atoms with E-state index in [0.29, 0.717) is 16.7 Å². The fraction of sp³-hybridized carbons (Fsp3) is 0.222. The number of nitrogens with zero attached hydrogens (tertiary/aromatic N) is 1. The Kier molecular flexibility index (Phi) is 3.45. The molecular formula is C18H18N2O2. The molecule has 1 heterocycles. The minimum atomic E-state index is -0.239. The van der Waals surface area contributed by atoms with Crippen molar-refractivity contribution in [2.45, 2.75) is 26.4 Å². The number of ether oxygens (including phenoxy) is 1. The van der Waals surface area contributed by atoms with Crippen molar-refractivity contribution in [3.05, 3.63) is 58.9 Å². The minimum Gasteiger partial charge on any atom is -0.488 e. The fourth-order valence-electron chi connectivity index (χ4n) is 2.26. The van der Waals surface area contributed by atoms with Gasteiger partial charge in [-0.3, -0.25) is 4.79 Å². The molecule has 0 saturated carbocycles. The molecule has 3 rings (SSSR count). The lowest BCUT2D eigenvalue weighted by atomic mass is 10.1. The third-order valence-electron chi connectivity index (χ3n) is 3.16. The lowest BCUT2D eigenvalue weighted by Crippen LogP contribution is -2.22. The predicted octanol–water partition coefficient (Wildman–Crippen LogP) is 3.77. The van der Waals surface area contributed by atoms with Gasteiger partial charge in [0.05, 0.1) is 10.9 Å². The lowest BCUT2D eigenvalue weighted by molar-refractivity contribution is 0.131. The van der Waals surface area contributed by atoms with Gasteiger partial charge in [0.1, 0.15) is 17.2 Å². The van der Waals surface area contributed by atoms with E-state index in [1.54, 1.807) is 6.07 Å². The summed E-state index contributed by atoms with van der Waals surface area (Å²) in [5.41, 5.74) is 1.17. The van der Waals surface area contributed by atoms with Crippen LogP contribution in [0.25, 0.3) is 22.3 Å². The molecule has 0 amide bonds. The molecule has 112 valence electrons. The smallest absolute Gasteiger partial charge is 0.259 e. The van der Waals surface area contributed by atoms with Crippen molar-refractivity contribution >= 4 is 10.9 Å². The maximum absolute atomic E-state index is 12.1. The van der Waals surface area contributed by atoms with Gasteiger partial charge in [-0.05, 0) is 57.2 Å². The maximum Gasteiger partial charge on any atom is 0.259 e. The summed E-state index contributed by atoms with van der Waals surface area (Å²) in [7, 11) is 0. The molecule has 1 aromatic heterocycles. The van der Waals surface area contributed by atoms with E-state index in [0.717, 1.165) is 11.3 Å². The Morgan fingerprint density at radius 1 is 1.00 bits per heavy atom. The summed E-state index contributed by atoms with van der Waals surface area (Å²) in [6, 6.07) is 14.9. The Morgan fingerprint density at radius 2 is 1.68 bits per heavy atom. The Bertz CT molecular complexity index is 859. The molecule has 0 aliphatic rings. The second-order valence-corrected chi connectivity index (χ2v) is 6.17. The van der Waals surface area contributed by atoms with E-state index in [9.17, 15) is 4.79 Å². The molecule has 0 spiro atoms. The summed E-state index contributed by atoms with van der Waals surface area (Å²) in [5, 5.41) is 0.596. The predicted molar refractivity (Wildman–Crippen MR) is 88.2 cm³/mol. The molecule has 0 saturated heterocycles. The van der Waals surface area contributed by atoms with Crippen LogP contribution in [0.2, 0.25) is 0 Å². The minimum absolute atomic E-state index is 0.129. The van der Waals surface area contributed by atoms with Crippen LogP contribution in [-0.4, -0.2) is 15.6 Å². The first-order chi connectivity index (χ1) is 10.4. The van der Waals surface area contributed by atoms with E-state index in [4.69, 9.17) is 4.74 Å². The van der Waals surface area contributed by atoms with E-state index >= 15 is 0 Å². The Balaban J connectivity index is 1.99. The zero-order valence-electron chi connectivity index (χ0n) is 12.9. The molecule has 0 unspecified atom stereocenters. The van der Waals surface area contributed by atoms with Crippen LogP contribution in [0.5, 0.6) is 5.75 Å². The van der Waals surface area contributed by atoms with Crippen LogP contribution < -0.4 is 10.3 Å². The third-order valence-corrected chi connectivity index (χ3v) is 3.16. The molecule has 0 atom stereocenters. The molecule has 1 N–H and O–H groups in total. The Labute approximate surface area is 128 Å². The number of hydrogen-bond acceptors (Lipinski definition) is 3. The van der Waals surface area contributed by atoms with Crippen molar-refractivity contribution in [1.82, 2.24) is 9.97 Å². The van der Waals surface area contributed by atoms with Gasteiger partial charge < -0.3 is 9.72 Å². The molecule has 0 fully saturated rings. The summed E-state index contributed by atoms with van der Waals surface area (Å²) in [6.45, 7) is 6.01. The first-order valence-corrected chi connectivity index (χ1v) is 7.21. The summed E-state index contributed by atoms with van der Waals surface area (Å²) >= 11 is 0. The lowest BCUT2D eigenvalue weighted by Gasteiger charge is -2.21. The maximum atomic E-state index is 12.1. The highest BCUT2D eigenvalue weighted by molar-refractivity contribution is 5.79. The SMILES string of the molecule is CC(C)(C)Oc1ccc(-c2nc3ccccc3c(=O)[nH]2)cc1. The van der Waals surface area contributed by atoms with Crippen molar-refractivity contribution in [2.75, 3.05) is 0 Å². The van der Waals surface area contributed by atoms with Gasteiger partial charge in [0.25, 0.3) is 5.56 Å². The first kappa shape index (κ1) is 14.3. The quantitative estimate of drug-likeness (QED) is 0.782. The van der Waals surface area contributed by atoms with E-state index in [-0.39, 0.29) is 11.2 Å². The van der Waals surface area contributed by atoms with Gasteiger partial charge in [-0.2, -0.15) is 0 Å². The van der Waals surface area contributed by atoms with Crippen molar-refractivity contribution in [2.24, 2.45) is 0 Å². The molecule has 2 aromatic carbocycles. The third kappa shape index (κ3) is 3.01. The number of rotatable bonds is 2. The monoisotopic (exact) mass is 294 g/mol. The summed E-state index contributed by atoms with van der Waals surface area (Å²) in [4.78, 5) is 19.4. The van der Waals surface area contributed by atoms with E-state index in [1.165, 1.54) is 0 Å². The van der Waals surface area contributed by atoms with Crippen LogP contribution in [0.4, 0.5) is 0 Å². The van der Waals surface area contributed by atoms with Crippen LogP contribution in [0.15, 0.2) is 53.3 Å². The Morgan fingerprint density at radius 3 is 2.36 bits per heavy atom. The van der Waals surface area contributed by atoms with Gasteiger partial charge in [-0.15, -0.1) is 0 Å². The fourth-order valence-corrected chi connectivity index (χ4v) is 2.26. The standard InChI is InChI=1S/C18H18N2O2/c1-18(2,3)22-13-10-8-12(9-11-13)16-19-15-7-5-4-6-14(15)17(21)20-16/h4-11H,1-3H3,(H,19,20,21). The van der Waals surface area contributed by atoms with Crippen molar-refractivity contribution in [3.8, 4) is 17.1 Å². The molecule has 0 aliphatic carbocycles. The number of aromatic amines is 1. The van der Waals surface area contributed by atoms with E-state index in [1.807, 2.05) is 63.2 Å². The van der Waals surface area contributed by atoms with Gasteiger partial charge in [0.2, 0.25) is 0 Å². The molecule has 4 nitrogen and oxygen atoms in total. The summed E-state index contributed by atoms with van der Waals surface area (Å²) < 4.78 is 5.79. The molecule has 4 heteroatoms. The highest BCUT2D eigenvalue weighted by atomic mass is 16.5. The van der Waals surface area contributed by atoms with Crippen LogP contribution in [-0.2, 0) is 0 Å². The average molecular weight is 294 g/mol. The molecule has 0 aliphatic heterocycles. The zero-order valence-corrected chi connectivity index (χ0v) is 12.9. The molecule has 3 aromatic rings. The number of nitrogens with one attached hydrogen (secondary N) is 1. The van der Waals surface area contributed by atoms with Gasteiger partial charge in [0, 0.05) is 5.56 Å². The van der Waals surface area contributed by atoms with Gasteiger partial charge in [-0.25, -0.2) is 4.98 Å². The highest BCUT2D eigenvalue weighted by Crippen LogP contribution is 2.22. The molecule has 22 heavy (non-hydrogen) atoms. The summed E-state index contributed by atoms with van der Waals surface area (Å²) in [6.07, 6.45) is 0. The second kappa shape index (κ2) is 5.30. The largest absolute Gasteiger partial charge is 0.488 e. The zero-order chi connectivity index (χ0) is 15.7. The number of fused-ring (bicyclic) bond motifs is 1. The van der Waals surface area contributed by atoms with E-state index < -0.39 is 0 Å². The number of benzene rings is 2. The van der Waals surface area contributed by atoms with Crippen LogP contribution in [0.1, 0.15) is 20.8 Å². The Hall–Kier alpha value is -2.62. The van der Waals surface area contributed by atoms with Crippen LogP contribution in [0, 0.1) is 0 Å². The normalized spacial score (nSPS) is 11.6. The highest BCUT2D eigenvalue weighted by Gasteiger charge is 2.12. The van der Waals surface area contributed by atoms with Crippen LogP contribution >= 0.6 is 0 Å². The van der Waals surface area contributed by atoms with E-state index in [2.05, 4.69) is 9.97 Å². The van der Waals surface area contributed by atoms with Gasteiger partial charge in [-0.1, -0.05) is 12.1 Å². The molecule has 0 radical (unpaired) electrons. The number of aromatic nitrogens is 2. The number of para-hydroxylation sites is 1. The van der Waals surface area contributed by atoms with Crippen molar-refractivity contribution in [1.29, 1.82) is 0 Å². The number of hydrogen-bond donors (Lipinski definition) is 1.